The summed E-state index contributed by atoms with van der Waals surface area (Å²) < 4.78 is 0. The van der Waals surface area contributed by atoms with E-state index < -0.39 is 0 Å². The van der Waals surface area contributed by atoms with Gasteiger partial charge in [0.05, 0.1) is 0 Å². The van der Waals surface area contributed by atoms with Gasteiger partial charge in [0.25, 0.3) is 0 Å². The molecule has 0 aliphatic carbocycles. The second-order valence-electron chi connectivity index (χ2n) is 3.30. The third-order valence-corrected chi connectivity index (χ3v) is 2.31. The molecule has 0 saturated carbocycles. The van der Waals surface area contributed by atoms with Crippen LogP contribution < -0.4 is 0 Å². The maximum atomic E-state index is 2.49. The Morgan fingerprint density at radius 1 is 0.800 bits per heavy atom. The van der Waals surface area contributed by atoms with Crippen LogP contribution in [0, 0.1) is 0 Å². The van der Waals surface area contributed by atoms with Crippen molar-refractivity contribution in [3.05, 3.63) is 36.4 Å². The van der Waals surface area contributed by atoms with Crippen LogP contribution in [0.1, 0.15) is 33.6 Å². The third kappa shape index (κ3) is 8.19. The summed E-state index contributed by atoms with van der Waals surface area (Å²) >= 11 is 0. The minimum absolute atomic E-state index is 1.25. The maximum absolute atomic E-state index is 2.49. The van der Waals surface area contributed by atoms with Crippen molar-refractivity contribution in [2.45, 2.75) is 33.6 Å². The van der Waals surface area contributed by atoms with Crippen molar-refractivity contribution in [3.63, 3.8) is 0 Å². The van der Waals surface area contributed by atoms with Crippen molar-refractivity contribution in [2.24, 2.45) is 0 Å². The van der Waals surface area contributed by atoms with E-state index in [1.165, 1.54) is 32.5 Å². The van der Waals surface area contributed by atoms with Gasteiger partial charge in [-0.05, 0) is 32.5 Å². The molecule has 0 amide bonds. The lowest BCUT2D eigenvalue weighted by atomic mass is 10.4. The minimum atomic E-state index is 1.25. The van der Waals surface area contributed by atoms with Crippen molar-refractivity contribution >= 4 is 0 Å². The highest BCUT2D eigenvalue weighted by atomic mass is 15.1. The van der Waals surface area contributed by atoms with Crippen LogP contribution >= 0.6 is 0 Å². The quantitative estimate of drug-likeness (QED) is 0.677. The first-order valence-corrected chi connectivity index (χ1v) is 6.16. The van der Waals surface area contributed by atoms with Gasteiger partial charge in [-0.25, -0.2) is 0 Å². The molecule has 0 atom stereocenters. The second-order valence-corrected chi connectivity index (χ2v) is 3.30. The molecule has 0 unspecified atom stereocenters. The first-order chi connectivity index (χ1) is 7.43. The molecular weight excluding hydrogens is 182 g/mol. The molecule has 1 aliphatic rings. The fourth-order valence-electron chi connectivity index (χ4n) is 1.48. The first-order valence-electron chi connectivity index (χ1n) is 6.16. The van der Waals surface area contributed by atoms with E-state index in [4.69, 9.17) is 0 Å². The van der Waals surface area contributed by atoms with E-state index in [2.05, 4.69) is 11.8 Å². The molecule has 0 bridgehead atoms. The normalized spacial score (nSPS) is 14.6. The molecule has 1 aromatic carbocycles. The summed E-state index contributed by atoms with van der Waals surface area (Å²) in [6.07, 6.45) is 2.85. The molecule has 1 saturated heterocycles. The van der Waals surface area contributed by atoms with Gasteiger partial charge >= 0.3 is 0 Å². The van der Waals surface area contributed by atoms with Gasteiger partial charge in [-0.3, -0.25) is 0 Å². The average molecular weight is 207 g/mol. The summed E-state index contributed by atoms with van der Waals surface area (Å²) in [4.78, 5) is 2.49. The smallest absolute Gasteiger partial charge is 0.00184 e. The zero-order chi connectivity index (χ0) is 11.4. The van der Waals surface area contributed by atoms with Crippen molar-refractivity contribution in [1.82, 2.24) is 4.90 Å². The van der Waals surface area contributed by atoms with Crippen LogP contribution in [0.2, 0.25) is 0 Å². The van der Waals surface area contributed by atoms with Crippen molar-refractivity contribution < 1.29 is 0 Å². The largest absolute Gasteiger partial charge is 0.304 e. The van der Waals surface area contributed by atoms with Crippen LogP contribution in [0.4, 0.5) is 0 Å². The number of nitrogens with zero attached hydrogens (tertiary/aromatic N) is 1. The van der Waals surface area contributed by atoms with Gasteiger partial charge in [0.1, 0.15) is 0 Å². The summed E-state index contributed by atoms with van der Waals surface area (Å²) in [6, 6.07) is 12.0. The van der Waals surface area contributed by atoms with Gasteiger partial charge in [0.15, 0.2) is 0 Å². The predicted octanol–water partition coefficient (Wildman–Crippen LogP) is 3.81. The van der Waals surface area contributed by atoms with E-state index >= 15 is 0 Å². The zero-order valence-electron chi connectivity index (χ0n) is 10.4. The molecular formula is C14H25N. The Kier molecular flexibility index (Phi) is 10.6. The van der Waals surface area contributed by atoms with E-state index in [0.29, 0.717) is 0 Å². The lowest BCUT2D eigenvalue weighted by molar-refractivity contribution is 0.359. The summed E-state index contributed by atoms with van der Waals surface area (Å²) in [5.41, 5.74) is 0. The molecule has 0 spiro atoms. The Labute approximate surface area is 95.1 Å². The van der Waals surface area contributed by atoms with Crippen molar-refractivity contribution in [1.29, 1.82) is 0 Å². The van der Waals surface area contributed by atoms with Crippen molar-refractivity contribution in [3.8, 4) is 0 Å². The minimum Gasteiger partial charge on any atom is -0.304 e. The SMILES string of the molecule is CC.CCN1CCCC1.c1ccccc1. The summed E-state index contributed by atoms with van der Waals surface area (Å²) in [5.74, 6) is 0. The van der Waals surface area contributed by atoms with Crippen LogP contribution in [-0.4, -0.2) is 24.5 Å². The van der Waals surface area contributed by atoms with E-state index in [9.17, 15) is 0 Å². The fraction of sp³-hybridized carbons (Fsp3) is 0.571. The summed E-state index contributed by atoms with van der Waals surface area (Å²) in [7, 11) is 0. The Hall–Kier alpha value is -0.820. The van der Waals surface area contributed by atoms with E-state index in [1.807, 2.05) is 50.2 Å². The molecule has 0 radical (unpaired) electrons. The Morgan fingerprint density at radius 3 is 1.33 bits per heavy atom. The summed E-state index contributed by atoms with van der Waals surface area (Å²) in [5, 5.41) is 0. The molecule has 1 heteroatoms. The summed E-state index contributed by atoms with van der Waals surface area (Å²) in [6.45, 7) is 10.2. The molecule has 0 aromatic heterocycles. The molecule has 1 aromatic rings. The molecule has 1 fully saturated rings. The monoisotopic (exact) mass is 207 g/mol. The number of rotatable bonds is 1. The van der Waals surface area contributed by atoms with Gasteiger partial charge < -0.3 is 4.90 Å². The molecule has 1 aliphatic heterocycles. The molecule has 15 heavy (non-hydrogen) atoms. The van der Waals surface area contributed by atoms with Crippen LogP contribution in [0.15, 0.2) is 36.4 Å². The Balaban J connectivity index is 0.000000227. The Bertz CT molecular complexity index is 163. The number of hydrogen-bond donors (Lipinski definition) is 0. The van der Waals surface area contributed by atoms with E-state index in [-0.39, 0.29) is 0 Å². The van der Waals surface area contributed by atoms with E-state index in [1.54, 1.807) is 0 Å². The van der Waals surface area contributed by atoms with Gasteiger partial charge in [-0.15, -0.1) is 0 Å². The predicted molar refractivity (Wildman–Crippen MR) is 69.1 cm³/mol. The highest BCUT2D eigenvalue weighted by Crippen LogP contribution is 2.04. The molecule has 86 valence electrons. The molecule has 2 rings (SSSR count). The molecule has 1 nitrogen and oxygen atoms in total. The maximum Gasteiger partial charge on any atom is -0.00184 e. The van der Waals surface area contributed by atoms with Gasteiger partial charge in [0, 0.05) is 0 Å². The van der Waals surface area contributed by atoms with Crippen LogP contribution in [0.25, 0.3) is 0 Å². The van der Waals surface area contributed by atoms with Crippen LogP contribution in [0.5, 0.6) is 0 Å². The van der Waals surface area contributed by atoms with E-state index in [0.717, 1.165) is 0 Å². The molecule has 1 heterocycles. The third-order valence-electron chi connectivity index (χ3n) is 2.31. The standard InChI is InChI=1S/C6H13N.C6H6.C2H6/c1-2-7-5-3-4-6-7;1-2-4-6-5-3-1;1-2/h2-6H2,1H3;1-6H;1-2H3. The van der Waals surface area contributed by atoms with Gasteiger partial charge in [-0.2, -0.15) is 0 Å². The molecule has 0 N–H and O–H groups in total. The fourth-order valence-corrected chi connectivity index (χ4v) is 1.48. The highest BCUT2D eigenvalue weighted by molar-refractivity contribution is 4.99. The Morgan fingerprint density at radius 2 is 1.13 bits per heavy atom. The van der Waals surface area contributed by atoms with Crippen LogP contribution in [0.3, 0.4) is 0 Å². The van der Waals surface area contributed by atoms with Crippen LogP contribution in [-0.2, 0) is 0 Å². The number of hydrogen-bond acceptors (Lipinski definition) is 1. The van der Waals surface area contributed by atoms with Gasteiger partial charge in [-0.1, -0.05) is 57.2 Å². The number of benzene rings is 1. The highest BCUT2D eigenvalue weighted by Gasteiger charge is 2.06. The lowest BCUT2D eigenvalue weighted by Crippen LogP contribution is -2.17. The topological polar surface area (TPSA) is 3.24 Å². The lowest BCUT2D eigenvalue weighted by Gasteiger charge is -2.08. The number of likely N-dealkylation sites (tertiary alicyclic amines) is 1. The average Bonchev–Trinajstić information content (AvgIpc) is 2.88. The van der Waals surface area contributed by atoms with Crippen molar-refractivity contribution in [2.75, 3.05) is 19.6 Å². The zero-order valence-corrected chi connectivity index (χ0v) is 10.4. The second kappa shape index (κ2) is 11.3. The van der Waals surface area contributed by atoms with Gasteiger partial charge in [0.2, 0.25) is 0 Å². The first kappa shape index (κ1) is 14.2.